The van der Waals surface area contributed by atoms with Crippen molar-refractivity contribution in [3.05, 3.63) is 35.4 Å². The molecule has 0 saturated heterocycles. The van der Waals surface area contributed by atoms with Gasteiger partial charge in [-0.25, -0.2) is 0 Å². The molecule has 1 rings (SSSR count). The molecule has 14 heavy (non-hydrogen) atoms. The third kappa shape index (κ3) is 2.86. The van der Waals surface area contributed by atoms with E-state index >= 15 is 0 Å². The number of hydrogen-bond donors (Lipinski definition) is 0. The van der Waals surface area contributed by atoms with Crippen LogP contribution in [0.4, 0.5) is 0 Å². The van der Waals surface area contributed by atoms with Gasteiger partial charge >= 0.3 is 0 Å². The summed E-state index contributed by atoms with van der Waals surface area (Å²) < 4.78 is 0. The maximum atomic E-state index is 11.5. The number of alkyl halides is 1. The van der Waals surface area contributed by atoms with Crippen molar-refractivity contribution in [2.24, 2.45) is 0 Å². The minimum Gasteiger partial charge on any atom is -0.294 e. The molecule has 0 amide bonds. The Hall–Kier alpha value is -1.33. The molecule has 3 heteroatoms. The lowest BCUT2D eigenvalue weighted by Gasteiger charge is -1.98. The Labute approximate surface area is 88.1 Å². The van der Waals surface area contributed by atoms with Crippen molar-refractivity contribution in [1.82, 2.24) is 0 Å². The summed E-state index contributed by atoms with van der Waals surface area (Å²) in [7, 11) is 0. The number of carbonyl (C=O) groups excluding carboxylic acids is 1. The number of nitriles is 1. The number of rotatable bonds is 4. The smallest absolute Gasteiger partial charge is 0.162 e. The Morgan fingerprint density at radius 2 is 2.00 bits per heavy atom. The molecule has 0 atom stereocenters. The van der Waals surface area contributed by atoms with Gasteiger partial charge in [0.1, 0.15) is 0 Å². The fraction of sp³-hybridized carbons (Fsp3) is 0.273. The molecule has 0 N–H and O–H groups in total. The van der Waals surface area contributed by atoms with E-state index in [0.29, 0.717) is 29.8 Å². The molecule has 0 fully saturated rings. The molecule has 0 saturated carbocycles. The molecule has 2 nitrogen and oxygen atoms in total. The molecule has 0 aliphatic heterocycles. The van der Waals surface area contributed by atoms with Crippen LogP contribution in [0, 0.1) is 11.3 Å². The van der Waals surface area contributed by atoms with Gasteiger partial charge in [0.25, 0.3) is 0 Å². The van der Waals surface area contributed by atoms with Crippen LogP contribution in [0.1, 0.15) is 28.8 Å². The van der Waals surface area contributed by atoms with Crippen LogP contribution < -0.4 is 0 Å². The van der Waals surface area contributed by atoms with Crippen LogP contribution in [0.25, 0.3) is 0 Å². The minimum atomic E-state index is 0.0788. The Morgan fingerprint density at radius 3 is 2.50 bits per heavy atom. The zero-order valence-electron chi connectivity index (χ0n) is 7.66. The van der Waals surface area contributed by atoms with Crippen molar-refractivity contribution in [2.45, 2.75) is 12.8 Å². The summed E-state index contributed by atoms with van der Waals surface area (Å²) in [6, 6.07) is 8.65. The van der Waals surface area contributed by atoms with E-state index in [4.69, 9.17) is 16.9 Å². The van der Waals surface area contributed by atoms with Gasteiger partial charge in [0.05, 0.1) is 11.6 Å². The van der Waals surface area contributed by atoms with Crippen LogP contribution in [0.2, 0.25) is 0 Å². The van der Waals surface area contributed by atoms with Gasteiger partial charge in [0.15, 0.2) is 5.78 Å². The average Bonchev–Trinajstić information content (AvgIpc) is 2.26. The van der Waals surface area contributed by atoms with Crippen LogP contribution in [-0.2, 0) is 0 Å². The summed E-state index contributed by atoms with van der Waals surface area (Å²) in [5.41, 5.74) is 1.22. The van der Waals surface area contributed by atoms with E-state index < -0.39 is 0 Å². The van der Waals surface area contributed by atoms with Crippen molar-refractivity contribution in [3.63, 3.8) is 0 Å². The molecule has 0 aliphatic carbocycles. The first-order valence-electron chi connectivity index (χ1n) is 4.37. The van der Waals surface area contributed by atoms with Gasteiger partial charge in [0.2, 0.25) is 0 Å². The lowest BCUT2D eigenvalue weighted by atomic mass is 10.1. The molecule has 1 aromatic rings. The van der Waals surface area contributed by atoms with E-state index in [-0.39, 0.29) is 5.78 Å². The second-order valence-corrected chi connectivity index (χ2v) is 3.28. The molecule has 0 aliphatic rings. The monoisotopic (exact) mass is 207 g/mol. The van der Waals surface area contributed by atoms with Crippen molar-refractivity contribution in [1.29, 1.82) is 5.26 Å². The zero-order chi connectivity index (χ0) is 10.4. The Bertz CT molecular complexity index is 351. The SMILES string of the molecule is N#Cc1ccc(C(=O)CCCCl)cc1. The van der Waals surface area contributed by atoms with E-state index in [2.05, 4.69) is 0 Å². The molecule has 0 spiro atoms. The normalized spacial score (nSPS) is 9.43. The molecule has 0 aromatic heterocycles. The summed E-state index contributed by atoms with van der Waals surface area (Å²) in [6.45, 7) is 0. The summed E-state index contributed by atoms with van der Waals surface area (Å²) >= 11 is 5.49. The van der Waals surface area contributed by atoms with Gasteiger partial charge < -0.3 is 0 Å². The van der Waals surface area contributed by atoms with Gasteiger partial charge in [-0.1, -0.05) is 12.1 Å². The second-order valence-electron chi connectivity index (χ2n) is 2.90. The standard InChI is InChI=1S/C11H10ClNO/c12-7-1-2-11(14)10-5-3-9(8-13)4-6-10/h3-6H,1-2,7H2. The van der Waals surface area contributed by atoms with Gasteiger partial charge in [-0.2, -0.15) is 5.26 Å². The lowest BCUT2D eigenvalue weighted by Crippen LogP contribution is -1.98. The number of carbonyl (C=O) groups is 1. The Kier molecular flexibility index (Phi) is 4.15. The van der Waals surface area contributed by atoms with E-state index in [1.807, 2.05) is 6.07 Å². The molecule has 72 valence electrons. The van der Waals surface area contributed by atoms with Gasteiger partial charge in [0, 0.05) is 17.9 Å². The summed E-state index contributed by atoms with van der Waals surface area (Å²) in [6.07, 6.45) is 1.16. The van der Waals surface area contributed by atoms with Crippen molar-refractivity contribution in [3.8, 4) is 6.07 Å². The van der Waals surface area contributed by atoms with Crippen LogP contribution in [0.15, 0.2) is 24.3 Å². The number of Topliss-reactive ketones (excluding diaryl/α,β-unsaturated/α-hetero) is 1. The maximum absolute atomic E-state index is 11.5. The molecular formula is C11H10ClNO. The van der Waals surface area contributed by atoms with Gasteiger partial charge in [-0.15, -0.1) is 11.6 Å². The highest BCUT2D eigenvalue weighted by atomic mass is 35.5. The highest BCUT2D eigenvalue weighted by Gasteiger charge is 2.04. The van der Waals surface area contributed by atoms with E-state index in [1.54, 1.807) is 24.3 Å². The topological polar surface area (TPSA) is 40.9 Å². The fourth-order valence-electron chi connectivity index (χ4n) is 1.10. The molecule has 1 aromatic carbocycles. The first kappa shape index (κ1) is 10.7. The number of halogens is 1. The lowest BCUT2D eigenvalue weighted by molar-refractivity contribution is 0.0982. The fourth-order valence-corrected chi connectivity index (χ4v) is 1.24. The first-order chi connectivity index (χ1) is 6.77. The van der Waals surface area contributed by atoms with Gasteiger partial charge in [-0.05, 0) is 18.6 Å². The van der Waals surface area contributed by atoms with Crippen LogP contribution >= 0.6 is 11.6 Å². The average molecular weight is 208 g/mol. The van der Waals surface area contributed by atoms with Crippen molar-refractivity contribution >= 4 is 17.4 Å². The number of benzene rings is 1. The van der Waals surface area contributed by atoms with E-state index in [1.165, 1.54) is 0 Å². The van der Waals surface area contributed by atoms with E-state index in [9.17, 15) is 4.79 Å². The van der Waals surface area contributed by atoms with E-state index in [0.717, 1.165) is 0 Å². The highest BCUT2D eigenvalue weighted by Crippen LogP contribution is 2.07. The summed E-state index contributed by atoms with van der Waals surface area (Å²) in [5, 5.41) is 8.56. The van der Waals surface area contributed by atoms with Crippen molar-refractivity contribution < 1.29 is 4.79 Å². The van der Waals surface area contributed by atoms with Gasteiger partial charge in [-0.3, -0.25) is 4.79 Å². The zero-order valence-corrected chi connectivity index (χ0v) is 8.42. The number of ketones is 1. The summed E-state index contributed by atoms with van der Waals surface area (Å²) in [4.78, 5) is 11.5. The minimum absolute atomic E-state index is 0.0788. The van der Waals surface area contributed by atoms with Crippen LogP contribution in [0.3, 0.4) is 0 Å². The molecular weight excluding hydrogens is 198 g/mol. The number of hydrogen-bond acceptors (Lipinski definition) is 2. The molecule has 0 radical (unpaired) electrons. The largest absolute Gasteiger partial charge is 0.294 e. The Balaban J connectivity index is 2.68. The Morgan fingerprint density at radius 1 is 1.36 bits per heavy atom. The highest BCUT2D eigenvalue weighted by molar-refractivity contribution is 6.18. The predicted octanol–water partition coefficient (Wildman–Crippen LogP) is 2.76. The number of nitrogens with zero attached hydrogens (tertiary/aromatic N) is 1. The maximum Gasteiger partial charge on any atom is 0.162 e. The molecule has 0 unspecified atom stereocenters. The third-order valence-electron chi connectivity index (χ3n) is 1.87. The quantitative estimate of drug-likeness (QED) is 0.563. The summed E-state index contributed by atoms with van der Waals surface area (Å²) in [5.74, 6) is 0.581. The van der Waals surface area contributed by atoms with Crippen LogP contribution in [0.5, 0.6) is 0 Å². The van der Waals surface area contributed by atoms with Crippen molar-refractivity contribution in [2.75, 3.05) is 5.88 Å². The first-order valence-corrected chi connectivity index (χ1v) is 4.90. The molecule has 0 bridgehead atoms. The van der Waals surface area contributed by atoms with Crippen LogP contribution in [-0.4, -0.2) is 11.7 Å². The second kappa shape index (κ2) is 5.41. The molecule has 0 heterocycles. The predicted molar refractivity (Wildman–Crippen MR) is 55.4 cm³/mol. The third-order valence-corrected chi connectivity index (χ3v) is 2.14.